The number of halogens is 1. The molecule has 1 atom stereocenters. The van der Waals surface area contributed by atoms with E-state index in [4.69, 9.17) is 11.6 Å². The van der Waals surface area contributed by atoms with E-state index in [9.17, 15) is 9.59 Å². The number of piperazine rings is 1. The molecule has 3 heterocycles. The van der Waals surface area contributed by atoms with Crippen LogP contribution >= 0.6 is 11.6 Å². The Morgan fingerprint density at radius 1 is 1.30 bits per heavy atom. The van der Waals surface area contributed by atoms with Crippen molar-refractivity contribution in [2.75, 3.05) is 37.6 Å². The van der Waals surface area contributed by atoms with Crippen LogP contribution in [0.15, 0.2) is 30.6 Å². The molecule has 0 aliphatic carbocycles. The number of carbonyl (C=O) groups excluding carboxylic acids is 2. The molecule has 2 aromatic rings. The van der Waals surface area contributed by atoms with E-state index in [0.717, 1.165) is 12.4 Å². The zero-order valence-corrected chi connectivity index (χ0v) is 15.7. The number of hydrogen-bond donors (Lipinski definition) is 2. The summed E-state index contributed by atoms with van der Waals surface area (Å²) < 4.78 is 1.93. The third-order valence-electron chi connectivity index (χ3n) is 5.00. The van der Waals surface area contributed by atoms with E-state index in [-0.39, 0.29) is 18.0 Å². The number of amides is 3. The number of imidazole rings is 1. The van der Waals surface area contributed by atoms with Crippen LogP contribution in [-0.4, -0.2) is 59.1 Å². The first-order chi connectivity index (χ1) is 13.1. The molecule has 0 spiro atoms. The summed E-state index contributed by atoms with van der Waals surface area (Å²) in [6.07, 6.45) is 3.61. The summed E-state index contributed by atoms with van der Waals surface area (Å²) in [5.74, 6) is 0.741. The average Bonchev–Trinajstić information content (AvgIpc) is 3.30. The van der Waals surface area contributed by atoms with Gasteiger partial charge in [0.1, 0.15) is 11.9 Å². The number of carbonyl (C=O) groups is 2. The van der Waals surface area contributed by atoms with Gasteiger partial charge < -0.3 is 20.1 Å². The summed E-state index contributed by atoms with van der Waals surface area (Å²) in [7, 11) is 1.92. The number of nitrogens with zero attached hydrogens (tertiary/aromatic N) is 4. The third kappa shape index (κ3) is 3.26. The van der Waals surface area contributed by atoms with Crippen LogP contribution in [0.5, 0.6) is 0 Å². The van der Waals surface area contributed by atoms with Gasteiger partial charge in [-0.1, -0.05) is 11.6 Å². The van der Waals surface area contributed by atoms with Gasteiger partial charge in [0.2, 0.25) is 0 Å². The summed E-state index contributed by atoms with van der Waals surface area (Å²) in [6, 6.07) is 4.73. The van der Waals surface area contributed by atoms with Crippen molar-refractivity contribution < 1.29 is 9.59 Å². The summed E-state index contributed by atoms with van der Waals surface area (Å²) in [4.78, 5) is 33.1. The second kappa shape index (κ2) is 7.21. The van der Waals surface area contributed by atoms with Crippen LogP contribution in [0.3, 0.4) is 0 Å². The zero-order chi connectivity index (χ0) is 19.0. The first kappa shape index (κ1) is 17.8. The highest BCUT2D eigenvalue weighted by molar-refractivity contribution is 6.34. The molecule has 2 aliphatic heterocycles. The molecule has 2 saturated heterocycles. The Hall–Kier alpha value is -2.58. The van der Waals surface area contributed by atoms with Crippen LogP contribution < -0.4 is 15.5 Å². The van der Waals surface area contributed by atoms with Crippen LogP contribution in [0.2, 0.25) is 5.02 Å². The Morgan fingerprint density at radius 2 is 2.15 bits per heavy atom. The maximum atomic E-state index is 13.3. The predicted molar refractivity (Wildman–Crippen MR) is 102 cm³/mol. The van der Waals surface area contributed by atoms with Crippen LogP contribution in [-0.2, 0) is 7.05 Å². The minimum Gasteiger partial charge on any atom is -0.336 e. The smallest absolute Gasteiger partial charge is 0.322 e. The molecule has 0 saturated carbocycles. The highest BCUT2D eigenvalue weighted by atomic mass is 35.5. The van der Waals surface area contributed by atoms with Crippen molar-refractivity contribution in [3.05, 3.63) is 47.0 Å². The first-order valence-corrected chi connectivity index (χ1v) is 9.28. The van der Waals surface area contributed by atoms with Gasteiger partial charge in [-0.15, -0.1) is 0 Å². The topological polar surface area (TPSA) is 82.5 Å². The minimum atomic E-state index is -0.199. The number of aromatic nitrogens is 2. The van der Waals surface area contributed by atoms with Crippen LogP contribution in [0.4, 0.5) is 10.5 Å². The van der Waals surface area contributed by atoms with Crippen molar-refractivity contribution in [3.63, 3.8) is 0 Å². The number of anilines is 1. The molecule has 27 heavy (non-hydrogen) atoms. The van der Waals surface area contributed by atoms with E-state index >= 15 is 0 Å². The maximum Gasteiger partial charge on any atom is 0.322 e. The molecule has 142 valence electrons. The fraction of sp³-hybridized carbons (Fsp3) is 0.389. The summed E-state index contributed by atoms with van der Waals surface area (Å²) in [6.45, 7) is 3.04. The van der Waals surface area contributed by atoms with E-state index < -0.39 is 0 Å². The molecule has 3 amide bonds. The van der Waals surface area contributed by atoms with Crippen molar-refractivity contribution in [2.24, 2.45) is 7.05 Å². The number of aryl methyl sites for hydroxylation is 1. The maximum absolute atomic E-state index is 13.3. The number of rotatable bonds is 3. The molecule has 2 fully saturated rings. The number of benzene rings is 1. The van der Waals surface area contributed by atoms with Crippen molar-refractivity contribution >= 4 is 29.2 Å². The largest absolute Gasteiger partial charge is 0.336 e. The lowest BCUT2D eigenvalue weighted by atomic mass is 10.1. The van der Waals surface area contributed by atoms with Crippen molar-refractivity contribution in [1.29, 1.82) is 0 Å². The lowest BCUT2D eigenvalue weighted by molar-refractivity contribution is 0.0621. The van der Waals surface area contributed by atoms with Crippen molar-refractivity contribution in [3.8, 4) is 0 Å². The van der Waals surface area contributed by atoms with Gasteiger partial charge in [-0.2, -0.15) is 0 Å². The van der Waals surface area contributed by atoms with Gasteiger partial charge in [0.25, 0.3) is 5.91 Å². The average molecular weight is 389 g/mol. The molecule has 8 nitrogen and oxygen atoms in total. The molecule has 4 rings (SSSR count). The van der Waals surface area contributed by atoms with Gasteiger partial charge in [-0.25, -0.2) is 9.78 Å². The Bertz CT molecular complexity index is 882. The summed E-state index contributed by atoms with van der Waals surface area (Å²) in [5, 5.41) is 6.53. The van der Waals surface area contributed by atoms with Crippen LogP contribution in [0.1, 0.15) is 22.2 Å². The van der Waals surface area contributed by atoms with Gasteiger partial charge in [0.15, 0.2) is 0 Å². The Labute approximate surface area is 162 Å². The number of nitrogens with one attached hydrogen (secondary N) is 2. The van der Waals surface area contributed by atoms with E-state index in [1.54, 1.807) is 29.3 Å². The molecular formula is C18H21ClN6O2. The minimum absolute atomic E-state index is 0.0954. The van der Waals surface area contributed by atoms with E-state index in [1.165, 1.54) is 0 Å². The zero-order valence-electron chi connectivity index (χ0n) is 15.0. The van der Waals surface area contributed by atoms with E-state index in [2.05, 4.69) is 15.6 Å². The SMILES string of the molecule is Cn1ccnc1C1CNCCN1C(=O)c1ccc(Cl)c(N2CCNC2=O)c1. The third-order valence-corrected chi connectivity index (χ3v) is 5.32. The monoisotopic (exact) mass is 388 g/mol. The molecular weight excluding hydrogens is 368 g/mol. The van der Waals surface area contributed by atoms with E-state index in [0.29, 0.717) is 42.5 Å². The molecule has 1 unspecified atom stereocenters. The molecule has 1 aromatic carbocycles. The molecule has 2 aliphatic rings. The van der Waals surface area contributed by atoms with Crippen LogP contribution in [0.25, 0.3) is 0 Å². The lowest BCUT2D eigenvalue weighted by Crippen LogP contribution is -2.49. The Morgan fingerprint density at radius 3 is 2.85 bits per heavy atom. The molecule has 9 heteroatoms. The van der Waals surface area contributed by atoms with Gasteiger partial charge in [-0.3, -0.25) is 9.69 Å². The van der Waals surface area contributed by atoms with Gasteiger partial charge >= 0.3 is 6.03 Å². The highest BCUT2D eigenvalue weighted by Crippen LogP contribution is 2.30. The lowest BCUT2D eigenvalue weighted by Gasteiger charge is -2.36. The van der Waals surface area contributed by atoms with Gasteiger partial charge in [0.05, 0.1) is 10.7 Å². The normalized spacial score (nSPS) is 20.1. The van der Waals surface area contributed by atoms with Gasteiger partial charge in [0, 0.05) is 57.7 Å². The predicted octanol–water partition coefficient (Wildman–Crippen LogP) is 1.39. The first-order valence-electron chi connectivity index (χ1n) is 8.90. The van der Waals surface area contributed by atoms with E-state index in [1.807, 2.05) is 22.7 Å². The Balaban J connectivity index is 1.65. The fourth-order valence-corrected chi connectivity index (χ4v) is 3.82. The Kier molecular flexibility index (Phi) is 4.75. The highest BCUT2D eigenvalue weighted by Gasteiger charge is 2.32. The molecule has 0 radical (unpaired) electrons. The fourth-order valence-electron chi connectivity index (χ4n) is 3.60. The second-order valence-corrected chi connectivity index (χ2v) is 7.07. The van der Waals surface area contributed by atoms with Crippen LogP contribution in [0, 0.1) is 0 Å². The molecule has 2 N–H and O–H groups in total. The molecule has 1 aromatic heterocycles. The standard InChI is InChI=1S/C18H21ClN6O2/c1-23-7-5-21-16(23)15-11-20-4-8-24(15)17(26)12-2-3-13(19)14(10-12)25-9-6-22-18(25)27/h2-3,5,7,10,15,20H,4,6,8-9,11H2,1H3,(H,22,27). The van der Waals surface area contributed by atoms with Gasteiger partial charge in [-0.05, 0) is 18.2 Å². The summed E-state index contributed by atoms with van der Waals surface area (Å²) in [5.41, 5.74) is 1.07. The number of urea groups is 1. The second-order valence-electron chi connectivity index (χ2n) is 6.66. The van der Waals surface area contributed by atoms with Crippen molar-refractivity contribution in [1.82, 2.24) is 25.1 Å². The number of hydrogen-bond acceptors (Lipinski definition) is 4. The van der Waals surface area contributed by atoms with Crippen molar-refractivity contribution in [2.45, 2.75) is 6.04 Å². The quantitative estimate of drug-likeness (QED) is 0.832. The molecule has 0 bridgehead atoms. The summed E-state index contributed by atoms with van der Waals surface area (Å²) >= 11 is 6.29.